The number of carbonyl (C=O) groups is 1. The predicted octanol–water partition coefficient (Wildman–Crippen LogP) is -0.910. The molecule has 4 N–H and O–H groups in total. The summed E-state index contributed by atoms with van der Waals surface area (Å²) in [6.45, 7) is 0.963. The summed E-state index contributed by atoms with van der Waals surface area (Å²) < 4.78 is 0. The van der Waals surface area contributed by atoms with Gasteiger partial charge in [-0.1, -0.05) is 0 Å². The summed E-state index contributed by atoms with van der Waals surface area (Å²) in [5.74, 6) is 0. The molecule has 0 saturated carbocycles. The number of nitrogens with one attached hydrogen (secondary N) is 2. The van der Waals surface area contributed by atoms with Crippen LogP contribution < -0.4 is 15.8 Å². The highest BCUT2D eigenvalue weighted by Gasteiger charge is 2.37. The number of aromatic amines is 1. The van der Waals surface area contributed by atoms with E-state index in [0.717, 1.165) is 4.90 Å². The molecule has 1 unspecified atom stereocenters. The fourth-order valence-electron chi connectivity index (χ4n) is 3.47. The molecule has 1 atom stereocenters. The second-order valence-electron chi connectivity index (χ2n) is 6.05. The number of carboxylic acid groups (broad SMARTS) is 1. The number of aliphatic hydroxyl groups is 1. The quantitative estimate of drug-likeness (QED) is 0.402. The van der Waals surface area contributed by atoms with Crippen molar-refractivity contribution in [1.29, 1.82) is 0 Å². The Morgan fingerprint density at radius 1 is 1.40 bits per heavy atom. The highest BCUT2D eigenvalue weighted by molar-refractivity contribution is 5.71. The number of nitro groups is 1. The number of H-pyrrole nitrogens is 1. The lowest BCUT2D eigenvalue weighted by atomic mass is 10.00. The molecular weight excluding hydrogens is 334 g/mol. The van der Waals surface area contributed by atoms with E-state index in [9.17, 15) is 24.8 Å². The maximum absolute atomic E-state index is 12.2. The first-order valence-corrected chi connectivity index (χ1v) is 7.92. The molecule has 3 rings (SSSR count). The molecule has 1 aromatic heterocycles. The first-order valence-electron chi connectivity index (χ1n) is 7.92. The van der Waals surface area contributed by atoms with Crippen molar-refractivity contribution in [3.63, 3.8) is 0 Å². The van der Waals surface area contributed by atoms with Crippen molar-refractivity contribution in [2.75, 3.05) is 37.7 Å². The molecule has 0 aromatic carbocycles. The van der Waals surface area contributed by atoms with Crippen LogP contribution in [0.3, 0.4) is 0 Å². The van der Waals surface area contributed by atoms with Crippen LogP contribution in [0.1, 0.15) is 11.3 Å². The maximum atomic E-state index is 12.2. The van der Waals surface area contributed by atoms with Gasteiger partial charge in [0.05, 0.1) is 17.6 Å². The van der Waals surface area contributed by atoms with E-state index in [2.05, 4.69) is 10.3 Å². The van der Waals surface area contributed by atoms with Gasteiger partial charge in [0.15, 0.2) is 0 Å². The van der Waals surface area contributed by atoms with Crippen molar-refractivity contribution < 1.29 is 19.9 Å². The molecule has 11 heteroatoms. The van der Waals surface area contributed by atoms with E-state index in [1.807, 2.05) is 0 Å². The van der Waals surface area contributed by atoms with Crippen LogP contribution in [-0.2, 0) is 13.0 Å². The summed E-state index contributed by atoms with van der Waals surface area (Å²) in [7, 11) is 0. The SMILES string of the molecule is O=C(O)N1CCN(c2c3c([nH]c(=O)c2[N+](=O)[O-])CNCC3)C(CO)C1. The molecule has 0 spiro atoms. The van der Waals surface area contributed by atoms with Gasteiger partial charge < -0.3 is 30.3 Å². The number of pyridine rings is 1. The monoisotopic (exact) mass is 353 g/mol. The number of rotatable bonds is 3. The molecule has 1 aromatic rings. The largest absolute Gasteiger partial charge is 0.465 e. The van der Waals surface area contributed by atoms with Gasteiger partial charge in [0.2, 0.25) is 0 Å². The number of aromatic nitrogens is 1. The Labute approximate surface area is 142 Å². The van der Waals surface area contributed by atoms with Crippen molar-refractivity contribution in [2.24, 2.45) is 0 Å². The maximum Gasteiger partial charge on any atom is 0.407 e. The van der Waals surface area contributed by atoms with E-state index in [1.165, 1.54) is 0 Å². The molecule has 11 nitrogen and oxygen atoms in total. The van der Waals surface area contributed by atoms with Crippen LogP contribution in [0.2, 0.25) is 0 Å². The number of nitrogens with zero attached hydrogens (tertiary/aromatic N) is 3. The van der Waals surface area contributed by atoms with E-state index < -0.39 is 28.3 Å². The average Bonchev–Trinajstić information content (AvgIpc) is 2.59. The highest BCUT2D eigenvalue weighted by atomic mass is 16.6. The Bertz CT molecular complexity index is 763. The molecule has 0 radical (unpaired) electrons. The molecule has 1 amide bonds. The summed E-state index contributed by atoms with van der Waals surface area (Å²) >= 11 is 0. The summed E-state index contributed by atoms with van der Waals surface area (Å²) in [6, 6.07) is -0.649. The van der Waals surface area contributed by atoms with Crippen LogP contribution >= 0.6 is 0 Å². The van der Waals surface area contributed by atoms with Gasteiger partial charge in [0, 0.05) is 37.4 Å². The number of amides is 1. The molecule has 136 valence electrons. The summed E-state index contributed by atoms with van der Waals surface area (Å²) in [5.41, 5.74) is 0.124. The minimum absolute atomic E-state index is 0.0167. The van der Waals surface area contributed by atoms with Gasteiger partial charge in [-0.25, -0.2) is 4.79 Å². The Balaban J connectivity index is 2.11. The molecular formula is C14H19N5O6. The average molecular weight is 353 g/mol. The number of hydrogen-bond donors (Lipinski definition) is 4. The Hall–Kier alpha value is -2.66. The van der Waals surface area contributed by atoms with Crippen LogP contribution in [0.25, 0.3) is 0 Å². The highest BCUT2D eigenvalue weighted by Crippen LogP contribution is 2.34. The van der Waals surface area contributed by atoms with Crippen LogP contribution in [0, 0.1) is 10.1 Å². The van der Waals surface area contributed by atoms with Crippen LogP contribution in [0.15, 0.2) is 4.79 Å². The third-order valence-corrected chi connectivity index (χ3v) is 4.64. The second-order valence-corrected chi connectivity index (χ2v) is 6.05. The van der Waals surface area contributed by atoms with E-state index in [4.69, 9.17) is 5.11 Å². The Morgan fingerprint density at radius 3 is 2.80 bits per heavy atom. The van der Waals surface area contributed by atoms with Gasteiger partial charge in [-0.15, -0.1) is 0 Å². The molecule has 25 heavy (non-hydrogen) atoms. The van der Waals surface area contributed by atoms with Crippen molar-refractivity contribution in [1.82, 2.24) is 15.2 Å². The van der Waals surface area contributed by atoms with Crippen molar-refractivity contribution in [3.8, 4) is 0 Å². The zero-order valence-electron chi connectivity index (χ0n) is 13.4. The molecule has 2 aliphatic rings. The first kappa shape index (κ1) is 17.2. The van der Waals surface area contributed by atoms with Gasteiger partial charge in [-0.2, -0.15) is 0 Å². The zero-order valence-corrected chi connectivity index (χ0v) is 13.4. The topological polar surface area (TPSA) is 152 Å². The zero-order chi connectivity index (χ0) is 18.1. The minimum atomic E-state index is -1.11. The summed E-state index contributed by atoms with van der Waals surface area (Å²) in [4.78, 5) is 39.6. The van der Waals surface area contributed by atoms with Gasteiger partial charge >= 0.3 is 17.3 Å². The predicted molar refractivity (Wildman–Crippen MR) is 86.9 cm³/mol. The Morgan fingerprint density at radius 2 is 2.16 bits per heavy atom. The Kier molecular flexibility index (Phi) is 4.59. The fourth-order valence-corrected chi connectivity index (χ4v) is 3.47. The molecule has 1 saturated heterocycles. The third-order valence-electron chi connectivity index (χ3n) is 4.64. The standard InChI is InChI=1S/C14H19N5O6/c20-7-8-6-17(14(22)23)3-4-18(8)11-9-1-2-15-5-10(9)16-13(21)12(11)19(24)25/h8,15,20H,1-7H2,(H,16,21)(H,22,23). The van der Waals surface area contributed by atoms with Crippen molar-refractivity contribution in [3.05, 3.63) is 31.7 Å². The normalized spacial score (nSPS) is 20.3. The van der Waals surface area contributed by atoms with Crippen molar-refractivity contribution in [2.45, 2.75) is 19.0 Å². The van der Waals surface area contributed by atoms with E-state index >= 15 is 0 Å². The van der Waals surface area contributed by atoms with E-state index in [1.54, 1.807) is 4.90 Å². The van der Waals surface area contributed by atoms with E-state index in [-0.39, 0.29) is 31.9 Å². The minimum Gasteiger partial charge on any atom is -0.465 e. The molecule has 1 fully saturated rings. The second kappa shape index (κ2) is 6.69. The number of aliphatic hydroxyl groups excluding tert-OH is 1. The van der Waals surface area contributed by atoms with Gasteiger partial charge in [-0.05, 0) is 13.0 Å². The fraction of sp³-hybridized carbons (Fsp3) is 0.571. The van der Waals surface area contributed by atoms with Crippen LogP contribution in [0.4, 0.5) is 16.2 Å². The van der Waals surface area contributed by atoms with E-state index in [0.29, 0.717) is 30.8 Å². The molecule has 0 aliphatic carbocycles. The van der Waals surface area contributed by atoms with Gasteiger partial charge in [0.1, 0.15) is 5.69 Å². The third kappa shape index (κ3) is 3.03. The number of fused-ring (bicyclic) bond motifs is 1. The summed E-state index contributed by atoms with van der Waals surface area (Å²) in [5, 5.41) is 33.5. The molecule has 0 bridgehead atoms. The number of piperazine rings is 1. The number of hydrogen-bond acceptors (Lipinski definition) is 7. The lowest BCUT2D eigenvalue weighted by molar-refractivity contribution is -0.385. The van der Waals surface area contributed by atoms with Gasteiger partial charge in [0.25, 0.3) is 0 Å². The van der Waals surface area contributed by atoms with Crippen LogP contribution in [-0.4, -0.2) is 69.9 Å². The smallest absolute Gasteiger partial charge is 0.407 e. The van der Waals surface area contributed by atoms with Gasteiger partial charge in [-0.3, -0.25) is 14.9 Å². The molecule has 2 aliphatic heterocycles. The van der Waals surface area contributed by atoms with Crippen molar-refractivity contribution >= 4 is 17.5 Å². The molecule has 3 heterocycles. The number of anilines is 1. The first-order chi connectivity index (χ1) is 11.9. The lowest BCUT2D eigenvalue weighted by Crippen LogP contribution is -2.56. The lowest BCUT2D eigenvalue weighted by Gasteiger charge is -2.41. The van der Waals surface area contributed by atoms with Crippen LogP contribution in [0.5, 0.6) is 0 Å². The summed E-state index contributed by atoms with van der Waals surface area (Å²) in [6.07, 6.45) is -0.607.